The molecular formula is C14H13ClN4OS. The summed E-state index contributed by atoms with van der Waals surface area (Å²) in [5.41, 5.74) is 1.20. The van der Waals surface area contributed by atoms with E-state index in [0.29, 0.717) is 16.4 Å². The van der Waals surface area contributed by atoms with Crippen molar-refractivity contribution in [1.29, 1.82) is 0 Å². The first-order valence-electron chi connectivity index (χ1n) is 6.49. The van der Waals surface area contributed by atoms with Gasteiger partial charge in [0.2, 0.25) is 0 Å². The minimum absolute atomic E-state index is 0.128. The van der Waals surface area contributed by atoms with E-state index < -0.39 is 0 Å². The third kappa shape index (κ3) is 2.96. The van der Waals surface area contributed by atoms with Crippen LogP contribution in [0.15, 0.2) is 46.7 Å². The van der Waals surface area contributed by atoms with Crippen molar-refractivity contribution in [3.8, 4) is 0 Å². The summed E-state index contributed by atoms with van der Waals surface area (Å²) in [6.45, 7) is 2.94. The van der Waals surface area contributed by atoms with Crippen LogP contribution in [-0.2, 0) is 12.3 Å². The molecular weight excluding hydrogens is 308 g/mol. The van der Waals surface area contributed by atoms with Crippen molar-refractivity contribution in [2.75, 3.05) is 0 Å². The summed E-state index contributed by atoms with van der Waals surface area (Å²) in [7, 11) is 0. The highest BCUT2D eigenvalue weighted by molar-refractivity contribution is 7.98. The van der Waals surface area contributed by atoms with E-state index in [-0.39, 0.29) is 5.56 Å². The lowest BCUT2D eigenvalue weighted by Gasteiger charge is -2.05. The first kappa shape index (κ1) is 14.2. The summed E-state index contributed by atoms with van der Waals surface area (Å²) in [5.74, 6) is 0.603. The molecule has 0 bridgehead atoms. The fraction of sp³-hybridized carbons (Fsp3) is 0.214. The second-order valence-electron chi connectivity index (χ2n) is 4.45. The Labute approximate surface area is 130 Å². The van der Waals surface area contributed by atoms with Gasteiger partial charge >= 0.3 is 0 Å². The molecule has 21 heavy (non-hydrogen) atoms. The number of fused-ring (bicyclic) bond motifs is 1. The van der Waals surface area contributed by atoms with E-state index in [2.05, 4.69) is 21.5 Å². The van der Waals surface area contributed by atoms with Gasteiger partial charge < -0.3 is 4.57 Å². The number of rotatable bonds is 4. The Balaban J connectivity index is 1.88. The van der Waals surface area contributed by atoms with E-state index >= 15 is 0 Å². The number of thioether (sulfide) groups is 1. The minimum Gasteiger partial charge on any atom is -0.326 e. The topological polar surface area (TPSA) is 52.2 Å². The second-order valence-corrected chi connectivity index (χ2v) is 5.82. The van der Waals surface area contributed by atoms with Gasteiger partial charge in [0, 0.05) is 37.0 Å². The Bertz CT molecular complexity index is 842. The smallest absolute Gasteiger partial charge is 0.258 e. The van der Waals surface area contributed by atoms with Crippen LogP contribution in [0.25, 0.3) is 5.65 Å². The van der Waals surface area contributed by atoms with Gasteiger partial charge in [-0.05, 0) is 19.1 Å². The van der Waals surface area contributed by atoms with Gasteiger partial charge in [-0.3, -0.25) is 9.20 Å². The van der Waals surface area contributed by atoms with Gasteiger partial charge in [-0.1, -0.05) is 23.4 Å². The molecule has 0 saturated heterocycles. The van der Waals surface area contributed by atoms with Gasteiger partial charge in [0.05, 0.1) is 10.7 Å². The van der Waals surface area contributed by atoms with E-state index in [9.17, 15) is 4.79 Å². The van der Waals surface area contributed by atoms with Crippen LogP contribution >= 0.6 is 23.4 Å². The van der Waals surface area contributed by atoms with Crippen molar-refractivity contribution < 1.29 is 0 Å². The van der Waals surface area contributed by atoms with Crippen LogP contribution in [0.1, 0.15) is 12.6 Å². The standard InChI is InChI=1S/C14H13ClN4OS/c1-2-18-6-5-16-14(18)21-9-11-7-13(20)19-8-10(15)3-4-12(19)17-11/h3-8H,2,9H2,1H3. The molecule has 0 spiro atoms. The molecule has 3 aromatic heterocycles. The summed E-state index contributed by atoms with van der Waals surface area (Å²) in [6, 6.07) is 5.00. The fourth-order valence-electron chi connectivity index (χ4n) is 2.01. The first-order chi connectivity index (χ1) is 10.2. The molecule has 3 aromatic rings. The van der Waals surface area contributed by atoms with Crippen LogP contribution in [0.2, 0.25) is 5.02 Å². The average Bonchev–Trinajstić information content (AvgIpc) is 2.93. The maximum atomic E-state index is 12.1. The number of pyridine rings is 1. The number of imidazole rings is 1. The molecule has 0 fully saturated rings. The Kier molecular flexibility index (Phi) is 3.98. The second kappa shape index (κ2) is 5.91. The summed E-state index contributed by atoms with van der Waals surface area (Å²) < 4.78 is 3.50. The van der Waals surface area contributed by atoms with E-state index in [1.54, 1.807) is 36.3 Å². The molecule has 0 aromatic carbocycles. The third-order valence-corrected chi connectivity index (χ3v) is 4.31. The van der Waals surface area contributed by atoms with Gasteiger partial charge in [0.25, 0.3) is 5.56 Å². The molecule has 7 heteroatoms. The number of hydrogen-bond donors (Lipinski definition) is 0. The molecule has 0 aliphatic rings. The van der Waals surface area contributed by atoms with Crippen molar-refractivity contribution in [3.63, 3.8) is 0 Å². The molecule has 0 unspecified atom stereocenters. The van der Waals surface area contributed by atoms with Gasteiger partial charge in [-0.15, -0.1) is 0 Å². The zero-order chi connectivity index (χ0) is 14.8. The van der Waals surface area contributed by atoms with E-state index in [1.807, 2.05) is 6.20 Å². The van der Waals surface area contributed by atoms with Crippen LogP contribution in [0, 0.1) is 0 Å². The lowest BCUT2D eigenvalue weighted by Crippen LogP contribution is -2.15. The van der Waals surface area contributed by atoms with Gasteiger partial charge in [0.1, 0.15) is 5.65 Å². The number of nitrogens with zero attached hydrogens (tertiary/aromatic N) is 4. The van der Waals surface area contributed by atoms with Gasteiger partial charge in [-0.25, -0.2) is 9.97 Å². The summed E-state index contributed by atoms with van der Waals surface area (Å²) in [6.07, 6.45) is 5.29. The number of aromatic nitrogens is 4. The summed E-state index contributed by atoms with van der Waals surface area (Å²) in [4.78, 5) is 20.8. The fourth-order valence-corrected chi connectivity index (χ4v) is 3.09. The van der Waals surface area contributed by atoms with Crippen LogP contribution in [0.5, 0.6) is 0 Å². The molecule has 0 N–H and O–H groups in total. The lowest BCUT2D eigenvalue weighted by molar-refractivity contribution is 0.681. The Morgan fingerprint density at radius 3 is 3.05 bits per heavy atom. The Hall–Kier alpha value is -1.79. The molecule has 0 aliphatic carbocycles. The number of aryl methyl sites for hydroxylation is 1. The lowest BCUT2D eigenvalue weighted by atomic mass is 10.4. The van der Waals surface area contributed by atoms with Crippen molar-refractivity contribution in [2.45, 2.75) is 24.4 Å². The monoisotopic (exact) mass is 320 g/mol. The van der Waals surface area contributed by atoms with Crippen molar-refractivity contribution in [1.82, 2.24) is 18.9 Å². The maximum absolute atomic E-state index is 12.1. The molecule has 3 heterocycles. The Morgan fingerprint density at radius 1 is 1.38 bits per heavy atom. The molecule has 0 saturated carbocycles. The summed E-state index contributed by atoms with van der Waals surface area (Å²) in [5, 5.41) is 1.44. The predicted molar refractivity (Wildman–Crippen MR) is 83.9 cm³/mol. The third-order valence-electron chi connectivity index (χ3n) is 3.04. The van der Waals surface area contributed by atoms with Crippen LogP contribution in [0.4, 0.5) is 0 Å². The largest absolute Gasteiger partial charge is 0.326 e. The minimum atomic E-state index is -0.128. The zero-order valence-corrected chi connectivity index (χ0v) is 12.9. The van der Waals surface area contributed by atoms with Crippen molar-refractivity contribution >= 4 is 29.0 Å². The first-order valence-corrected chi connectivity index (χ1v) is 7.85. The predicted octanol–water partition coefficient (Wildman–Crippen LogP) is 2.86. The van der Waals surface area contributed by atoms with Crippen LogP contribution < -0.4 is 5.56 Å². The van der Waals surface area contributed by atoms with E-state index in [0.717, 1.165) is 17.4 Å². The zero-order valence-electron chi connectivity index (χ0n) is 11.4. The number of hydrogen-bond acceptors (Lipinski definition) is 4. The van der Waals surface area contributed by atoms with Crippen molar-refractivity contribution in [2.24, 2.45) is 0 Å². The normalized spacial score (nSPS) is 11.1. The van der Waals surface area contributed by atoms with E-state index in [1.165, 1.54) is 10.5 Å². The highest BCUT2D eigenvalue weighted by Crippen LogP contribution is 2.20. The molecule has 5 nitrogen and oxygen atoms in total. The molecule has 0 atom stereocenters. The number of halogens is 1. The highest BCUT2D eigenvalue weighted by Gasteiger charge is 2.06. The van der Waals surface area contributed by atoms with E-state index in [4.69, 9.17) is 11.6 Å². The van der Waals surface area contributed by atoms with Gasteiger partial charge in [0.15, 0.2) is 5.16 Å². The summed E-state index contributed by atoms with van der Waals surface area (Å²) >= 11 is 7.46. The van der Waals surface area contributed by atoms with Crippen molar-refractivity contribution in [3.05, 3.63) is 57.9 Å². The maximum Gasteiger partial charge on any atom is 0.258 e. The molecule has 0 amide bonds. The average molecular weight is 321 g/mol. The Morgan fingerprint density at radius 2 is 2.24 bits per heavy atom. The quantitative estimate of drug-likeness (QED) is 0.694. The molecule has 0 aliphatic heterocycles. The molecule has 108 valence electrons. The molecule has 3 rings (SSSR count). The van der Waals surface area contributed by atoms with Gasteiger partial charge in [-0.2, -0.15) is 0 Å². The van der Waals surface area contributed by atoms with Crippen LogP contribution in [-0.4, -0.2) is 18.9 Å². The highest BCUT2D eigenvalue weighted by atomic mass is 35.5. The molecule has 0 radical (unpaired) electrons. The SMILES string of the molecule is CCn1ccnc1SCc1cc(=O)n2cc(Cl)ccc2n1. The van der Waals surface area contributed by atoms with Crippen LogP contribution in [0.3, 0.4) is 0 Å².